The van der Waals surface area contributed by atoms with Crippen LogP contribution in [0.5, 0.6) is 11.5 Å². The van der Waals surface area contributed by atoms with E-state index in [2.05, 4.69) is 28.9 Å². The van der Waals surface area contributed by atoms with Gasteiger partial charge in [-0.1, -0.05) is 26.0 Å². The number of carbonyl (C=O) groups is 3. The lowest BCUT2D eigenvalue weighted by Crippen LogP contribution is -2.54. The molecule has 15 heteroatoms. The number of methoxy groups -OCH3 is 1. The quantitative estimate of drug-likeness (QED) is 0.374. The molecule has 52 heavy (non-hydrogen) atoms. The van der Waals surface area contributed by atoms with E-state index in [-0.39, 0.29) is 48.4 Å². The van der Waals surface area contributed by atoms with E-state index < -0.39 is 56.4 Å². The number of carbonyl (C=O) groups excluding carboxylic acids is 3. The van der Waals surface area contributed by atoms with Crippen molar-refractivity contribution >= 4 is 55.5 Å². The maximum atomic E-state index is 15.7. The Hall–Kier alpha value is -3.72. The third kappa shape index (κ3) is 7.14. The monoisotopic (exact) mass is 755 g/mol. The Morgan fingerprint density at radius 2 is 1.92 bits per heavy atom. The number of aliphatic imine (C=N–C) groups is 1. The first kappa shape index (κ1) is 36.6. The number of sulfonamides is 1. The molecule has 3 fully saturated rings. The molecule has 2 aromatic rings. The van der Waals surface area contributed by atoms with Crippen LogP contribution >= 0.6 is 11.8 Å². The van der Waals surface area contributed by atoms with Gasteiger partial charge in [0.15, 0.2) is 11.6 Å². The number of amides is 3. The van der Waals surface area contributed by atoms with E-state index in [1.54, 1.807) is 35.8 Å². The molecule has 0 bridgehead atoms. The molecule has 1 aromatic carbocycles. The number of thioether (sulfide) groups is 1. The van der Waals surface area contributed by atoms with E-state index in [9.17, 15) is 22.8 Å². The summed E-state index contributed by atoms with van der Waals surface area (Å²) in [6.45, 7) is 4.73. The van der Waals surface area contributed by atoms with Crippen LogP contribution in [0.25, 0.3) is 10.9 Å². The summed E-state index contributed by atoms with van der Waals surface area (Å²) in [5.74, 6) is -2.59. The fraction of sp³-hybridized carbons (Fsp3) is 0.595. The highest BCUT2D eigenvalue weighted by Gasteiger charge is 2.62. The molecule has 2 aliphatic heterocycles. The zero-order chi connectivity index (χ0) is 36.9. The number of allylic oxidation sites excluding steroid dienone is 1. The van der Waals surface area contributed by atoms with E-state index in [0.717, 1.165) is 25.0 Å². The highest BCUT2D eigenvalue weighted by Crippen LogP contribution is 2.47. The van der Waals surface area contributed by atoms with Gasteiger partial charge >= 0.3 is 0 Å². The predicted molar refractivity (Wildman–Crippen MR) is 196 cm³/mol. The molecule has 2 N–H and O–H groups in total. The Morgan fingerprint density at radius 1 is 1.15 bits per heavy atom. The van der Waals surface area contributed by atoms with Crippen molar-refractivity contribution in [2.24, 2.45) is 28.7 Å². The Labute approximate surface area is 307 Å². The van der Waals surface area contributed by atoms with Crippen molar-refractivity contribution in [3.05, 3.63) is 41.9 Å². The molecule has 0 saturated heterocycles. The number of fused-ring (bicyclic) bond motifs is 3. The number of aromatic nitrogens is 1. The van der Waals surface area contributed by atoms with Crippen LogP contribution < -0.4 is 19.5 Å². The Morgan fingerprint density at radius 3 is 2.63 bits per heavy atom. The third-order valence-electron chi connectivity index (χ3n) is 11.0. The number of pyridine rings is 1. The molecule has 5 aliphatic rings. The second-order valence-electron chi connectivity index (χ2n) is 15.1. The molecule has 0 spiro atoms. The van der Waals surface area contributed by atoms with Crippen LogP contribution in [0.3, 0.4) is 0 Å². The first-order valence-corrected chi connectivity index (χ1v) is 20.7. The third-order valence-corrected chi connectivity index (χ3v) is 13.9. The molecule has 3 heterocycles. The first-order chi connectivity index (χ1) is 24.8. The summed E-state index contributed by atoms with van der Waals surface area (Å²) in [6.07, 6.45) is 7.14. The lowest BCUT2D eigenvalue weighted by molar-refractivity contribution is -0.140. The minimum Gasteiger partial charge on any atom is -0.494 e. The highest BCUT2D eigenvalue weighted by molar-refractivity contribution is 8.14. The summed E-state index contributed by atoms with van der Waals surface area (Å²) in [6, 6.07) is 5.03. The lowest BCUT2D eigenvalue weighted by atomic mass is 9.93. The Bertz CT molecular complexity index is 1950. The summed E-state index contributed by atoms with van der Waals surface area (Å²) in [5, 5.41) is 3.42. The van der Waals surface area contributed by atoms with Gasteiger partial charge in [0.25, 0.3) is 5.91 Å². The van der Waals surface area contributed by atoms with Crippen LogP contribution in [-0.4, -0.2) is 90.5 Å². The topological polar surface area (TPSA) is 156 Å². The zero-order valence-corrected chi connectivity index (χ0v) is 31.5. The zero-order valence-electron chi connectivity index (χ0n) is 29.9. The maximum absolute atomic E-state index is 15.7. The van der Waals surface area contributed by atoms with Gasteiger partial charge in [-0.05, 0) is 69.4 Å². The van der Waals surface area contributed by atoms with Crippen LogP contribution in [0.2, 0.25) is 0 Å². The number of ether oxygens (including phenoxy) is 2. The highest BCUT2D eigenvalue weighted by atomic mass is 32.2. The average Bonchev–Trinajstić information content (AvgIpc) is 3.98. The first-order valence-electron chi connectivity index (χ1n) is 18.2. The second-order valence-corrected chi connectivity index (χ2v) is 18.1. The van der Waals surface area contributed by atoms with Crippen molar-refractivity contribution in [2.75, 3.05) is 26.5 Å². The maximum Gasteiger partial charge on any atom is 0.259 e. The van der Waals surface area contributed by atoms with Gasteiger partial charge < -0.3 is 19.7 Å². The molecule has 1 aromatic heterocycles. The number of hydrogen-bond donors (Lipinski definition) is 2. The van der Waals surface area contributed by atoms with Gasteiger partial charge in [0.05, 0.1) is 35.9 Å². The van der Waals surface area contributed by atoms with E-state index >= 15 is 4.39 Å². The van der Waals surface area contributed by atoms with Gasteiger partial charge in [-0.15, -0.1) is 11.8 Å². The van der Waals surface area contributed by atoms with Crippen LogP contribution in [0.15, 0.2) is 35.3 Å². The molecule has 3 amide bonds. The fourth-order valence-corrected chi connectivity index (χ4v) is 10.1. The molecular weight excluding hydrogens is 710 g/mol. The number of halogens is 1. The van der Waals surface area contributed by atoms with Crippen molar-refractivity contribution in [3.63, 3.8) is 0 Å². The van der Waals surface area contributed by atoms with Crippen molar-refractivity contribution in [2.45, 2.75) is 88.1 Å². The lowest BCUT2D eigenvalue weighted by Gasteiger charge is -2.26. The van der Waals surface area contributed by atoms with Gasteiger partial charge in [0.1, 0.15) is 28.0 Å². The standard InChI is InChI=1S/C37H46FN5O7S2/c1-20(2)28-19-51-34(40-28)27-17-30(24-12-13-29(49-4)31(38)32(24)39-27)50-22-15-25-26(16-22)35(45)43(3)14-8-6-5-7-9-21-18-37(21,41-33(25)44)36(46)42-52(47,48)23-10-11-23/h7,9,12-13,17,20-23,25-26,28H,5-6,8,10-11,14-16,18-19H2,1-4H3,(H,41,44)(H,42,46)/b9-7-/t21-,22-,25-,26-,28?,37-/m1/s1. The number of benzene rings is 1. The fourth-order valence-electron chi connectivity index (χ4n) is 7.52. The van der Waals surface area contributed by atoms with Gasteiger partial charge in [-0.2, -0.15) is 0 Å². The van der Waals surface area contributed by atoms with Crippen LogP contribution in [0, 0.1) is 29.5 Å². The van der Waals surface area contributed by atoms with Gasteiger partial charge in [-0.3, -0.25) is 24.1 Å². The van der Waals surface area contributed by atoms with Crippen molar-refractivity contribution in [1.82, 2.24) is 19.9 Å². The minimum atomic E-state index is -3.85. The normalized spacial score (nSPS) is 30.2. The SMILES string of the molecule is COc1ccc2c(O[C@@H]3C[C@H]4C(=O)N[C@]5(C(=O)NS(=O)(=O)C6CC6)C[C@H]5/C=C\CCCCN(C)C(=O)[C@@H]4C3)cc(C3=NC(C(C)C)CS3)nc2c1F. The molecule has 280 valence electrons. The number of hydrogen-bond acceptors (Lipinski definition) is 10. The largest absolute Gasteiger partial charge is 0.494 e. The summed E-state index contributed by atoms with van der Waals surface area (Å²) in [7, 11) is -0.737. The summed E-state index contributed by atoms with van der Waals surface area (Å²) >= 11 is 1.55. The van der Waals surface area contributed by atoms with E-state index in [0.29, 0.717) is 47.2 Å². The number of nitrogens with one attached hydrogen (secondary N) is 2. The van der Waals surface area contributed by atoms with Crippen molar-refractivity contribution < 1.29 is 36.7 Å². The van der Waals surface area contributed by atoms with Gasteiger partial charge in [-0.25, -0.2) is 17.8 Å². The van der Waals surface area contributed by atoms with Crippen molar-refractivity contribution in [3.8, 4) is 11.5 Å². The van der Waals surface area contributed by atoms with Gasteiger partial charge in [0, 0.05) is 36.7 Å². The molecule has 7 rings (SSSR count). The average molecular weight is 756 g/mol. The van der Waals surface area contributed by atoms with Crippen molar-refractivity contribution in [1.29, 1.82) is 0 Å². The summed E-state index contributed by atoms with van der Waals surface area (Å²) < 4.78 is 55.4. The molecule has 12 nitrogen and oxygen atoms in total. The summed E-state index contributed by atoms with van der Waals surface area (Å²) in [5.41, 5.74) is -0.900. The number of rotatable bonds is 8. The molecular formula is C37H46FN5O7S2. The second kappa shape index (κ2) is 14.3. The molecule has 1 unspecified atom stereocenters. The minimum absolute atomic E-state index is 0.0375. The molecule has 3 saturated carbocycles. The van der Waals surface area contributed by atoms with Gasteiger partial charge in [0.2, 0.25) is 21.8 Å². The Kier molecular flexibility index (Phi) is 10.0. The van der Waals surface area contributed by atoms with Crippen LogP contribution in [0.4, 0.5) is 4.39 Å². The number of nitrogens with zero attached hydrogens (tertiary/aromatic N) is 3. The molecule has 6 atom stereocenters. The van der Waals surface area contributed by atoms with E-state index in [1.165, 1.54) is 13.2 Å². The van der Waals surface area contributed by atoms with Crippen LogP contribution in [-0.2, 0) is 24.4 Å². The Balaban J connectivity index is 1.20. The summed E-state index contributed by atoms with van der Waals surface area (Å²) in [4.78, 5) is 53.0. The predicted octanol–water partition coefficient (Wildman–Crippen LogP) is 4.36. The van der Waals surface area contributed by atoms with E-state index in [1.807, 2.05) is 12.2 Å². The smallest absolute Gasteiger partial charge is 0.259 e. The molecule has 3 aliphatic carbocycles. The molecule has 0 radical (unpaired) electrons. The van der Waals surface area contributed by atoms with E-state index in [4.69, 9.17) is 14.5 Å². The van der Waals surface area contributed by atoms with Crippen LogP contribution in [0.1, 0.15) is 70.9 Å².